The van der Waals surface area contributed by atoms with Crippen LogP contribution in [0.3, 0.4) is 0 Å². The average molecular weight is 240 g/mol. The Morgan fingerprint density at radius 2 is 1.71 bits per heavy atom. The van der Waals surface area contributed by atoms with Crippen LogP contribution in [0.1, 0.15) is 47.5 Å². The quantitative estimate of drug-likeness (QED) is 0.774. The van der Waals surface area contributed by atoms with E-state index in [2.05, 4.69) is 25.2 Å². The van der Waals surface area contributed by atoms with Gasteiger partial charge in [-0.3, -0.25) is 4.79 Å². The number of rotatable bonds is 6. The Hall–Kier alpha value is -0.990. The zero-order chi connectivity index (χ0) is 13.7. The van der Waals surface area contributed by atoms with E-state index >= 15 is 0 Å². The van der Waals surface area contributed by atoms with E-state index in [4.69, 9.17) is 0 Å². The maximum Gasteiger partial charge on any atom is 0.226 e. The minimum absolute atomic E-state index is 0.118. The van der Waals surface area contributed by atoms with Crippen molar-refractivity contribution in [3.8, 4) is 0 Å². The molecule has 3 nitrogen and oxygen atoms in total. The molecule has 1 atom stereocenters. The van der Waals surface area contributed by atoms with Crippen LogP contribution in [0.2, 0.25) is 0 Å². The lowest BCUT2D eigenvalue weighted by atomic mass is 9.87. The highest BCUT2D eigenvalue weighted by Gasteiger charge is 2.30. The summed E-state index contributed by atoms with van der Waals surface area (Å²) >= 11 is 0. The third-order valence-corrected chi connectivity index (χ3v) is 3.37. The third-order valence-electron chi connectivity index (χ3n) is 3.37. The van der Waals surface area contributed by atoms with Crippen molar-refractivity contribution in [1.29, 1.82) is 0 Å². The summed E-state index contributed by atoms with van der Waals surface area (Å²) in [6.07, 6.45) is 5.76. The summed E-state index contributed by atoms with van der Waals surface area (Å²) in [6.45, 7) is 10.1. The monoisotopic (exact) mass is 240 g/mol. The second-order valence-electron chi connectivity index (χ2n) is 5.74. The van der Waals surface area contributed by atoms with Crippen molar-refractivity contribution in [3.05, 3.63) is 12.3 Å². The van der Waals surface area contributed by atoms with Gasteiger partial charge in [0.05, 0.1) is 5.54 Å². The van der Waals surface area contributed by atoms with Gasteiger partial charge in [0.25, 0.3) is 0 Å². The van der Waals surface area contributed by atoms with Gasteiger partial charge in [-0.25, -0.2) is 0 Å². The van der Waals surface area contributed by atoms with Crippen molar-refractivity contribution in [2.24, 2.45) is 5.41 Å². The molecule has 3 heteroatoms. The molecule has 0 aromatic carbocycles. The molecule has 0 aliphatic heterocycles. The largest absolute Gasteiger partial charge is 0.384 e. The van der Waals surface area contributed by atoms with E-state index in [0.717, 1.165) is 12.8 Å². The number of nitrogens with one attached hydrogen (secondary N) is 1. The lowest BCUT2D eigenvalue weighted by Gasteiger charge is -2.32. The maximum atomic E-state index is 12.2. The normalized spacial score (nSPS) is 15.7. The van der Waals surface area contributed by atoms with Crippen molar-refractivity contribution < 1.29 is 4.79 Å². The molecular formula is C14H28N2O. The summed E-state index contributed by atoms with van der Waals surface area (Å²) in [5.74, 6) is 0.118. The highest BCUT2D eigenvalue weighted by atomic mass is 16.2. The maximum absolute atomic E-state index is 12.2. The molecule has 0 rings (SSSR count). The van der Waals surface area contributed by atoms with Crippen LogP contribution in [0.15, 0.2) is 12.3 Å². The Morgan fingerprint density at radius 3 is 2.06 bits per heavy atom. The standard InChI is InChI=1S/C14H28N2O/c1-8-13(3,4)12(17)15-14(5,9-2)10-11-16(6)7/h10-11H,8-9H2,1-7H3,(H,15,17)/b11-10+. The molecule has 0 aromatic rings. The minimum atomic E-state index is -0.303. The van der Waals surface area contributed by atoms with Crippen LogP contribution in [-0.4, -0.2) is 30.4 Å². The molecule has 0 bridgehead atoms. The van der Waals surface area contributed by atoms with E-state index in [1.54, 1.807) is 0 Å². The predicted octanol–water partition coefficient (Wildman–Crippen LogP) is 2.78. The van der Waals surface area contributed by atoms with Gasteiger partial charge in [0, 0.05) is 19.5 Å². The lowest BCUT2D eigenvalue weighted by molar-refractivity contribution is -0.130. The van der Waals surface area contributed by atoms with Gasteiger partial charge < -0.3 is 10.2 Å². The summed E-state index contributed by atoms with van der Waals surface area (Å²) in [5.41, 5.74) is -0.573. The summed E-state index contributed by atoms with van der Waals surface area (Å²) < 4.78 is 0. The van der Waals surface area contributed by atoms with E-state index in [1.165, 1.54) is 0 Å². The fourth-order valence-electron chi connectivity index (χ4n) is 1.15. The van der Waals surface area contributed by atoms with Crippen LogP contribution in [0.5, 0.6) is 0 Å². The molecule has 1 unspecified atom stereocenters. The van der Waals surface area contributed by atoms with E-state index in [-0.39, 0.29) is 16.9 Å². The van der Waals surface area contributed by atoms with Crippen LogP contribution < -0.4 is 5.32 Å². The van der Waals surface area contributed by atoms with Crippen LogP contribution in [0, 0.1) is 5.41 Å². The number of hydrogen-bond donors (Lipinski definition) is 1. The molecule has 0 saturated carbocycles. The molecule has 1 amide bonds. The average Bonchev–Trinajstić information content (AvgIpc) is 2.26. The number of carbonyl (C=O) groups excluding carboxylic acids is 1. The fourth-order valence-corrected chi connectivity index (χ4v) is 1.15. The fraction of sp³-hybridized carbons (Fsp3) is 0.786. The molecule has 0 heterocycles. The molecule has 0 spiro atoms. The van der Waals surface area contributed by atoms with E-state index < -0.39 is 0 Å². The van der Waals surface area contributed by atoms with Gasteiger partial charge in [-0.15, -0.1) is 0 Å². The number of amides is 1. The van der Waals surface area contributed by atoms with Gasteiger partial charge >= 0.3 is 0 Å². The Bertz CT molecular complexity index is 282. The van der Waals surface area contributed by atoms with Gasteiger partial charge in [0.1, 0.15) is 0 Å². The first-order valence-electron chi connectivity index (χ1n) is 6.35. The Kier molecular flexibility index (Phi) is 5.73. The molecule has 100 valence electrons. The molecule has 0 aromatic heterocycles. The Morgan fingerprint density at radius 1 is 1.18 bits per heavy atom. The molecular weight excluding hydrogens is 212 g/mol. The molecule has 1 N–H and O–H groups in total. The molecule has 0 aliphatic rings. The topological polar surface area (TPSA) is 32.3 Å². The van der Waals surface area contributed by atoms with E-state index in [1.807, 2.05) is 46.0 Å². The summed E-state index contributed by atoms with van der Waals surface area (Å²) in [7, 11) is 3.95. The summed E-state index contributed by atoms with van der Waals surface area (Å²) in [5, 5.41) is 3.14. The molecule has 0 fully saturated rings. The van der Waals surface area contributed by atoms with Crippen molar-refractivity contribution in [2.75, 3.05) is 14.1 Å². The SMILES string of the molecule is CCC(C)(/C=C/N(C)C)NC(=O)C(C)(C)CC. The van der Waals surface area contributed by atoms with Gasteiger partial charge in [0.15, 0.2) is 0 Å². The third kappa shape index (κ3) is 5.24. The first kappa shape index (κ1) is 16.0. The van der Waals surface area contributed by atoms with Gasteiger partial charge in [0.2, 0.25) is 5.91 Å². The second-order valence-corrected chi connectivity index (χ2v) is 5.74. The van der Waals surface area contributed by atoms with Crippen molar-refractivity contribution in [2.45, 2.75) is 53.0 Å². The number of hydrogen-bond acceptors (Lipinski definition) is 2. The number of carbonyl (C=O) groups is 1. The van der Waals surface area contributed by atoms with Gasteiger partial charge in [-0.1, -0.05) is 27.7 Å². The van der Waals surface area contributed by atoms with Crippen LogP contribution in [0.25, 0.3) is 0 Å². The zero-order valence-corrected chi connectivity index (χ0v) is 12.4. The predicted molar refractivity (Wildman–Crippen MR) is 73.7 cm³/mol. The van der Waals surface area contributed by atoms with Gasteiger partial charge in [-0.2, -0.15) is 0 Å². The van der Waals surface area contributed by atoms with Gasteiger partial charge in [-0.05, 0) is 32.0 Å². The van der Waals surface area contributed by atoms with Crippen molar-refractivity contribution >= 4 is 5.91 Å². The van der Waals surface area contributed by atoms with Crippen LogP contribution in [-0.2, 0) is 4.79 Å². The first-order chi connectivity index (χ1) is 7.67. The Balaban J connectivity index is 4.75. The summed E-state index contributed by atoms with van der Waals surface area (Å²) in [4.78, 5) is 14.1. The van der Waals surface area contributed by atoms with E-state index in [9.17, 15) is 4.79 Å². The van der Waals surface area contributed by atoms with Crippen LogP contribution in [0.4, 0.5) is 0 Å². The van der Waals surface area contributed by atoms with Crippen LogP contribution >= 0.6 is 0 Å². The highest BCUT2D eigenvalue weighted by molar-refractivity contribution is 5.82. The molecule has 0 saturated heterocycles. The van der Waals surface area contributed by atoms with Crippen molar-refractivity contribution in [3.63, 3.8) is 0 Å². The molecule has 17 heavy (non-hydrogen) atoms. The highest BCUT2D eigenvalue weighted by Crippen LogP contribution is 2.22. The molecule has 0 aliphatic carbocycles. The van der Waals surface area contributed by atoms with Crippen molar-refractivity contribution in [1.82, 2.24) is 10.2 Å². The molecule has 0 radical (unpaired) electrons. The second kappa shape index (κ2) is 6.08. The Labute approximate surface area is 106 Å². The lowest BCUT2D eigenvalue weighted by Crippen LogP contribution is -2.49. The smallest absolute Gasteiger partial charge is 0.226 e. The zero-order valence-electron chi connectivity index (χ0n) is 12.4. The first-order valence-corrected chi connectivity index (χ1v) is 6.35. The minimum Gasteiger partial charge on any atom is -0.384 e. The summed E-state index contributed by atoms with van der Waals surface area (Å²) in [6, 6.07) is 0. The van der Waals surface area contributed by atoms with E-state index in [0.29, 0.717) is 0 Å². The number of nitrogens with zero attached hydrogens (tertiary/aromatic N) is 1.